The fraction of sp³-hybridized carbons (Fsp3) is 0. The molecule has 1 aromatic carbocycles. The van der Waals surface area contributed by atoms with Crippen molar-refractivity contribution >= 4 is 39.8 Å². The molecule has 0 spiro atoms. The highest BCUT2D eigenvalue weighted by atomic mass is 35.5. The van der Waals surface area contributed by atoms with Gasteiger partial charge in [-0.1, -0.05) is 11.6 Å². The van der Waals surface area contributed by atoms with E-state index in [-0.39, 0.29) is 5.56 Å². The Labute approximate surface area is 118 Å². The number of carboxylic acids is 1. The van der Waals surface area contributed by atoms with Gasteiger partial charge in [0.25, 0.3) is 0 Å². The summed E-state index contributed by atoms with van der Waals surface area (Å²) in [7, 11) is 0. The van der Waals surface area contributed by atoms with Gasteiger partial charge in [-0.15, -0.1) is 0 Å². The number of hydrogen-bond acceptors (Lipinski definition) is 3. The topological polar surface area (TPSA) is 50.2 Å². The van der Waals surface area contributed by atoms with Gasteiger partial charge in [-0.05, 0) is 35.7 Å². The summed E-state index contributed by atoms with van der Waals surface area (Å²) in [4.78, 5) is 15.9. The molecule has 0 unspecified atom stereocenters. The van der Waals surface area contributed by atoms with Crippen molar-refractivity contribution in [3.8, 4) is 11.3 Å². The van der Waals surface area contributed by atoms with Gasteiger partial charge in [0.2, 0.25) is 0 Å². The van der Waals surface area contributed by atoms with Crippen molar-refractivity contribution in [3.63, 3.8) is 0 Å². The van der Waals surface area contributed by atoms with Crippen LogP contribution < -0.4 is 0 Å². The second-order valence-electron chi connectivity index (χ2n) is 4.03. The lowest BCUT2D eigenvalue weighted by atomic mass is 10.1. The number of carbonyl (C=O) groups is 1. The van der Waals surface area contributed by atoms with Crippen LogP contribution in [0.5, 0.6) is 0 Å². The Kier molecular flexibility index (Phi) is 2.97. The summed E-state index contributed by atoms with van der Waals surface area (Å²) in [6.45, 7) is 0. The van der Waals surface area contributed by atoms with E-state index in [0.29, 0.717) is 21.6 Å². The molecule has 3 nitrogen and oxygen atoms in total. The van der Waals surface area contributed by atoms with Crippen LogP contribution in [0, 0.1) is 0 Å². The van der Waals surface area contributed by atoms with Gasteiger partial charge in [0.15, 0.2) is 0 Å². The van der Waals surface area contributed by atoms with E-state index in [1.54, 1.807) is 35.6 Å². The molecule has 0 aliphatic rings. The number of rotatable bonds is 2. The molecule has 19 heavy (non-hydrogen) atoms. The number of aromatic nitrogens is 1. The smallest absolute Gasteiger partial charge is 0.336 e. The van der Waals surface area contributed by atoms with Crippen LogP contribution in [0.4, 0.5) is 0 Å². The molecule has 0 fully saturated rings. The first-order valence-corrected chi connectivity index (χ1v) is 6.83. The van der Waals surface area contributed by atoms with Gasteiger partial charge in [-0.3, -0.25) is 0 Å². The van der Waals surface area contributed by atoms with Gasteiger partial charge < -0.3 is 5.11 Å². The molecule has 0 aliphatic carbocycles. The normalized spacial score (nSPS) is 10.8. The molecule has 0 saturated carbocycles. The van der Waals surface area contributed by atoms with Crippen molar-refractivity contribution in [2.75, 3.05) is 0 Å². The van der Waals surface area contributed by atoms with Crippen molar-refractivity contribution in [3.05, 3.63) is 51.7 Å². The third-order valence-electron chi connectivity index (χ3n) is 2.82. The lowest BCUT2D eigenvalue weighted by Crippen LogP contribution is -2.00. The molecular formula is C14H8ClNO2S. The molecule has 0 radical (unpaired) electrons. The summed E-state index contributed by atoms with van der Waals surface area (Å²) in [5.74, 6) is -0.980. The number of benzene rings is 1. The summed E-state index contributed by atoms with van der Waals surface area (Å²) in [6.07, 6.45) is 0. The minimum atomic E-state index is -0.980. The fourth-order valence-electron chi connectivity index (χ4n) is 1.93. The molecule has 1 N–H and O–H groups in total. The highest BCUT2D eigenvalue weighted by Gasteiger charge is 2.13. The zero-order valence-corrected chi connectivity index (χ0v) is 11.2. The number of hydrogen-bond donors (Lipinski definition) is 1. The van der Waals surface area contributed by atoms with Crippen LogP contribution in [0.25, 0.3) is 22.2 Å². The van der Waals surface area contributed by atoms with E-state index in [0.717, 1.165) is 5.56 Å². The molecule has 3 rings (SSSR count). The number of aromatic carboxylic acids is 1. The van der Waals surface area contributed by atoms with E-state index in [2.05, 4.69) is 4.98 Å². The lowest BCUT2D eigenvalue weighted by molar-refractivity contribution is 0.0699. The number of thiophene rings is 1. The SMILES string of the molecule is O=C(O)c1cc(-c2ccsc2)nc2ccc(Cl)cc12. The van der Waals surface area contributed by atoms with Crippen molar-refractivity contribution < 1.29 is 9.90 Å². The first-order chi connectivity index (χ1) is 9.15. The van der Waals surface area contributed by atoms with E-state index in [4.69, 9.17) is 11.6 Å². The van der Waals surface area contributed by atoms with Crippen LogP contribution in [-0.4, -0.2) is 16.1 Å². The Morgan fingerprint density at radius 2 is 2.11 bits per heavy atom. The Morgan fingerprint density at radius 3 is 2.79 bits per heavy atom. The summed E-state index contributed by atoms with van der Waals surface area (Å²) in [5, 5.41) is 14.3. The van der Waals surface area contributed by atoms with Crippen molar-refractivity contribution in [1.82, 2.24) is 4.98 Å². The second-order valence-corrected chi connectivity index (χ2v) is 5.25. The maximum Gasteiger partial charge on any atom is 0.336 e. The van der Waals surface area contributed by atoms with Crippen LogP contribution in [-0.2, 0) is 0 Å². The summed E-state index contributed by atoms with van der Waals surface area (Å²) >= 11 is 7.46. The van der Waals surface area contributed by atoms with Crippen molar-refractivity contribution in [1.29, 1.82) is 0 Å². The van der Waals surface area contributed by atoms with Gasteiger partial charge >= 0.3 is 5.97 Å². The molecular weight excluding hydrogens is 282 g/mol. The minimum Gasteiger partial charge on any atom is -0.478 e. The van der Waals surface area contributed by atoms with Crippen LogP contribution in [0.2, 0.25) is 5.02 Å². The molecule has 2 aromatic heterocycles. The highest BCUT2D eigenvalue weighted by Crippen LogP contribution is 2.28. The second kappa shape index (κ2) is 4.64. The van der Waals surface area contributed by atoms with Crippen LogP contribution in [0.1, 0.15) is 10.4 Å². The Hall–Kier alpha value is -1.91. The zero-order valence-electron chi connectivity index (χ0n) is 9.63. The third kappa shape index (κ3) is 2.20. The minimum absolute atomic E-state index is 0.216. The maximum atomic E-state index is 11.4. The molecule has 0 bridgehead atoms. The average molecular weight is 290 g/mol. The zero-order chi connectivity index (χ0) is 13.4. The summed E-state index contributed by atoms with van der Waals surface area (Å²) in [5.41, 5.74) is 2.43. The van der Waals surface area contributed by atoms with Crippen LogP contribution >= 0.6 is 22.9 Å². The largest absolute Gasteiger partial charge is 0.478 e. The van der Waals surface area contributed by atoms with Gasteiger partial charge in [-0.25, -0.2) is 9.78 Å². The van der Waals surface area contributed by atoms with Gasteiger partial charge in [0.05, 0.1) is 16.8 Å². The van der Waals surface area contributed by atoms with Crippen LogP contribution in [0.3, 0.4) is 0 Å². The standard InChI is InChI=1S/C14H8ClNO2S/c15-9-1-2-12-10(5-9)11(14(17)18)6-13(16-12)8-3-4-19-7-8/h1-7H,(H,17,18). The van der Waals surface area contributed by atoms with Gasteiger partial charge in [-0.2, -0.15) is 11.3 Å². The fourth-order valence-corrected chi connectivity index (χ4v) is 2.75. The predicted molar refractivity (Wildman–Crippen MR) is 77.0 cm³/mol. The quantitative estimate of drug-likeness (QED) is 0.764. The number of fused-ring (bicyclic) bond motifs is 1. The van der Waals surface area contributed by atoms with E-state index < -0.39 is 5.97 Å². The number of carboxylic acid groups (broad SMARTS) is 1. The van der Waals surface area contributed by atoms with E-state index in [1.165, 1.54) is 0 Å². The van der Waals surface area contributed by atoms with Gasteiger partial charge in [0.1, 0.15) is 0 Å². The first-order valence-electron chi connectivity index (χ1n) is 5.51. The molecule has 0 aliphatic heterocycles. The van der Waals surface area contributed by atoms with E-state index in [1.807, 2.05) is 16.8 Å². The van der Waals surface area contributed by atoms with Crippen molar-refractivity contribution in [2.45, 2.75) is 0 Å². The maximum absolute atomic E-state index is 11.4. The monoisotopic (exact) mass is 289 g/mol. The van der Waals surface area contributed by atoms with E-state index in [9.17, 15) is 9.90 Å². The highest BCUT2D eigenvalue weighted by molar-refractivity contribution is 7.08. The van der Waals surface area contributed by atoms with Crippen molar-refractivity contribution in [2.24, 2.45) is 0 Å². The molecule has 2 heterocycles. The molecule has 0 saturated heterocycles. The Morgan fingerprint density at radius 1 is 1.26 bits per heavy atom. The number of nitrogens with zero attached hydrogens (tertiary/aromatic N) is 1. The Bertz CT molecular complexity index is 768. The predicted octanol–water partition coefficient (Wildman–Crippen LogP) is 4.31. The average Bonchev–Trinajstić information content (AvgIpc) is 2.91. The Balaban J connectivity index is 2.34. The molecule has 0 amide bonds. The number of halogens is 1. The molecule has 0 atom stereocenters. The summed E-state index contributed by atoms with van der Waals surface area (Å²) in [6, 6.07) is 8.58. The molecule has 3 aromatic rings. The van der Waals surface area contributed by atoms with Gasteiger partial charge in [0, 0.05) is 21.4 Å². The molecule has 5 heteroatoms. The molecule has 94 valence electrons. The van der Waals surface area contributed by atoms with E-state index >= 15 is 0 Å². The first kappa shape index (κ1) is 12.1. The number of pyridine rings is 1. The lowest BCUT2D eigenvalue weighted by Gasteiger charge is -2.06. The van der Waals surface area contributed by atoms with Crippen LogP contribution in [0.15, 0.2) is 41.1 Å². The summed E-state index contributed by atoms with van der Waals surface area (Å²) < 4.78 is 0. The third-order valence-corrected chi connectivity index (χ3v) is 3.74.